The topological polar surface area (TPSA) is 75.8 Å². The van der Waals surface area contributed by atoms with Crippen LogP contribution in [0.15, 0.2) is 102 Å². The number of alkyl halides is 12. The molecule has 65 heavy (non-hydrogen) atoms. The van der Waals surface area contributed by atoms with Crippen LogP contribution in [0.5, 0.6) is 0 Å². The van der Waals surface area contributed by atoms with Gasteiger partial charge in [0.05, 0.1) is 22.3 Å². The van der Waals surface area contributed by atoms with Gasteiger partial charge in [-0.1, -0.05) is 60.7 Å². The van der Waals surface area contributed by atoms with Gasteiger partial charge in [-0.25, -0.2) is 0 Å². The first kappa shape index (κ1) is 50.7. The van der Waals surface area contributed by atoms with Gasteiger partial charge in [0, 0.05) is 49.6 Å². The van der Waals surface area contributed by atoms with E-state index in [0.29, 0.717) is 75.5 Å². The van der Waals surface area contributed by atoms with Crippen molar-refractivity contribution in [2.24, 2.45) is 4.99 Å². The Hall–Kier alpha value is -5.31. The smallest absolute Gasteiger partial charge is 0.359 e. The molecule has 0 aliphatic carbocycles. The summed E-state index contributed by atoms with van der Waals surface area (Å²) in [6.07, 6.45) is -15.9. The summed E-state index contributed by atoms with van der Waals surface area (Å²) in [7, 11) is 0. The largest absolute Gasteiger partial charge is 0.416 e. The van der Waals surface area contributed by atoms with Crippen LogP contribution >= 0.6 is 24.4 Å². The normalized spacial score (nSPS) is 14.9. The van der Waals surface area contributed by atoms with E-state index < -0.39 is 70.4 Å². The average Bonchev–Trinajstić information content (AvgIpc) is 3.22. The Balaban J connectivity index is 1.30. The zero-order valence-electron chi connectivity index (χ0n) is 34.4. The van der Waals surface area contributed by atoms with E-state index in [1.165, 1.54) is 0 Å². The summed E-state index contributed by atoms with van der Waals surface area (Å²) < 4.78 is 163. The molecule has 21 heteroatoms. The van der Waals surface area contributed by atoms with Crippen LogP contribution in [0, 0.1) is 0 Å². The van der Waals surface area contributed by atoms with Crippen LogP contribution in [-0.4, -0.2) is 59.3 Å². The van der Waals surface area contributed by atoms with Gasteiger partial charge in [0.2, 0.25) is 0 Å². The van der Waals surface area contributed by atoms with Crippen molar-refractivity contribution in [2.45, 2.75) is 81.7 Å². The molecule has 0 spiro atoms. The van der Waals surface area contributed by atoms with Crippen molar-refractivity contribution in [1.29, 1.82) is 0 Å². The predicted octanol–water partition coefficient (Wildman–Crippen LogP) is 11.5. The lowest BCUT2D eigenvalue weighted by molar-refractivity contribution is -0.144. The number of benzene rings is 4. The molecule has 0 unspecified atom stereocenters. The minimum absolute atomic E-state index is 0.0289. The predicted molar refractivity (Wildman–Crippen MR) is 234 cm³/mol. The number of likely N-dealkylation sites (tertiary alicyclic amines) is 1. The number of aliphatic imine (C=N–C) groups is 1. The number of guanidine groups is 1. The second-order valence-corrected chi connectivity index (χ2v) is 16.1. The molecule has 0 bridgehead atoms. The highest BCUT2D eigenvalue weighted by Gasteiger charge is 2.38. The summed E-state index contributed by atoms with van der Waals surface area (Å²) in [5.41, 5.74) is -5.21. The minimum atomic E-state index is -5.05. The number of hydrogen-bond donors (Lipinski definition) is 5. The number of thiocarbonyl (C=S) groups is 2. The first-order valence-corrected chi connectivity index (χ1v) is 21.2. The first-order chi connectivity index (χ1) is 30.5. The van der Waals surface area contributed by atoms with Gasteiger partial charge in [0.1, 0.15) is 0 Å². The third kappa shape index (κ3) is 16.6. The van der Waals surface area contributed by atoms with E-state index in [-0.39, 0.29) is 28.9 Å². The molecule has 0 saturated carbocycles. The van der Waals surface area contributed by atoms with E-state index in [1.54, 1.807) is 0 Å². The molecule has 1 aliphatic heterocycles. The summed E-state index contributed by atoms with van der Waals surface area (Å²) >= 11 is 10.8. The zero-order chi connectivity index (χ0) is 47.4. The van der Waals surface area contributed by atoms with Crippen LogP contribution in [0.1, 0.15) is 65.5 Å². The van der Waals surface area contributed by atoms with Crippen LogP contribution in [0.2, 0.25) is 0 Å². The molecular weight excluding hydrogens is 919 g/mol. The number of rotatable bonds is 14. The highest BCUT2D eigenvalue weighted by atomic mass is 32.1. The van der Waals surface area contributed by atoms with Crippen LogP contribution in [0.25, 0.3) is 0 Å². The SMILES string of the molecule is FC(F)(F)c1cc(NC(=S)N[C@@H](CCN=C(NCC[C@@H](Cc2ccccc2)NC(=S)Nc2cc(C(F)(F)F)cc(C(F)(F)F)c2)N2CCCCC2)Cc2ccccc2)cc(C(F)(F)F)c1. The van der Waals surface area contributed by atoms with Gasteiger partial charge in [-0.05, 0) is 117 Å². The number of halogens is 12. The molecule has 4 aromatic rings. The molecule has 1 heterocycles. The van der Waals surface area contributed by atoms with E-state index in [0.717, 1.165) is 30.4 Å². The van der Waals surface area contributed by atoms with Gasteiger partial charge in [-0.2, -0.15) is 52.7 Å². The Kier molecular flexibility index (Phi) is 17.4. The highest BCUT2D eigenvalue weighted by Crippen LogP contribution is 2.39. The molecule has 1 fully saturated rings. The Morgan fingerprint density at radius 2 is 0.923 bits per heavy atom. The van der Waals surface area contributed by atoms with Crippen LogP contribution in [-0.2, 0) is 37.5 Å². The monoisotopic (exact) mass is 963 g/mol. The summed E-state index contributed by atoms with van der Waals surface area (Å²) in [4.78, 5) is 6.97. The van der Waals surface area contributed by atoms with Gasteiger partial charge in [0.25, 0.3) is 0 Å². The quantitative estimate of drug-likeness (QED) is 0.0370. The van der Waals surface area contributed by atoms with E-state index in [9.17, 15) is 52.7 Å². The van der Waals surface area contributed by atoms with Crippen molar-refractivity contribution in [3.05, 3.63) is 130 Å². The third-order valence-electron chi connectivity index (χ3n) is 10.2. The second kappa shape index (κ2) is 22.3. The minimum Gasteiger partial charge on any atom is -0.359 e. The molecule has 0 aromatic heterocycles. The van der Waals surface area contributed by atoms with E-state index in [4.69, 9.17) is 29.4 Å². The fourth-order valence-electron chi connectivity index (χ4n) is 7.06. The number of hydrogen-bond acceptors (Lipinski definition) is 3. The first-order valence-electron chi connectivity index (χ1n) is 20.4. The zero-order valence-corrected chi connectivity index (χ0v) is 36.0. The van der Waals surface area contributed by atoms with Crippen LogP contribution in [0.4, 0.5) is 64.1 Å². The van der Waals surface area contributed by atoms with Crippen molar-refractivity contribution in [3.8, 4) is 0 Å². The van der Waals surface area contributed by atoms with Crippen LogP contribution in [0.3, 0.4) is 0 Å². The highest BCUT2D eigenvalue weighted by molar-refractivity contribution is 7.80. The fraction of sp³-hybridized carbons (Fsp3) is 0.386. The molecular formula is C44H45F12N7S2. The molecule has 0 amide bonds. The number of piperidine rings is 1. The number of nitrogens with one attached hydrogen (secondary N) is 5. The Bertz CT molecular complexity index is 2140. The van der Waals surface area contributed by atoms with Gasteiger partial charge in [0.15, 0.2) is 16.2 Å². The molecule has 0 radical (unpaired) electrons. The maximum atomic E-state index is 13.5. The average molecular weight is 964 g/mol. The molecule has 4 aromatic carbocycles. The Labute approximate surface area is 378 Å². The van der Waals surface area contributed by atoms with Gasteiger partial charge < -0.3 is 31.5 Å². The maximum Gasteiger partial charge on any atom is 0.416 e. The van der Waals surface area contributed by atoms with E-state index in [1.807, 2.05) is 60.7 Å². The molecule has 352 valence electrons. The Morgan fingerprint density at radius 3 is 1.31 bits per heavy atom. The van der Waals surface area contributed by atoms with Gasteiger partial charge in [-0.3, -0.25) is 4.99 Å². The molecule has 2 atom stereocenters. The second-order valence-electron chi connectivity index (χ2n) is 15.3. The molecule has 1 aliphatic rings. The van der Waals surface area contributed by atoms with Crippen molar-refractivity contribution in [1.82, 2.24) is 20.9 Å². The maximum absolute atomic E-state index is 13.5. The van der Waals surface area contributed by atoms with Gasteiger partial charge >= 0.3 is 24.7 Å². The summed E-state index contributed by atoms with van der Waals surface area (Å²) in [6.45, 7) is 1.91. The van der Waals surface area contributed by atoms with E-state index in [2.05, 4.69) is 31.5 Å². The van der Waals surface area contributed by atoms with Gasteiger partial charge in [-0.15, -0.1) is 0 Å². The molecule has 5 rings (SSSR count). The lowest BCUT2D eigenvalue weighted by Gasteiger charge is -2.31. The van der Waals surface area contributed by atoms with Crippen LogP contribution < -0.4 is 26.6 Å². The Morgan fingerprint density at radius 1 is 0.538 bits per heavy atom. The number of anilines is 2. The summed E-state index contributed by atoms with van der Waals surface area (Å²) in [5, 5.41) is 14.1. The lowest BCUT2D eigenvalue weighted by Crippen LogP contribution is -2.46. The van der Waals surface area contributed by atoms with Crippen molar-refractivity contribution >= 4 is 52.0 Å². The summed E-state index contributed by atoms with van der Waals surface area (Å²) in [6, 6.07) is 19.7. The molecule has 1 saturated heterocycles. The fourth-order valence-corrected chi connectivity index (χ4v) is 7.63. The molecule has 5 N–H and O–H groups in total. The standard InChI is InChI=1S/C44H45F12N7S2/c45-41(46,47)30-22-31(42(48,49)50)25-36(24-30)61-39(64)59-34(20-28-10-4-1-5-11-28)14-16-57-38(63-18-8-3-9-19-63)58-17-15-35(21-29-12-6-2-7-13-29)60-40(65)62-37-26-32(43(51,52)53)23-33(27-37)44(54,55)56/h1-2,4-7,10-13,22-27,34-35H,3,8-9,14-21H2,(H,57,58)(H2,59,61,64)(H2,60,62,65)/t34-,35-/m0/s1. The molecule has 7 nitrogen and oxygen atoms in total. The lowest BCUT2D eigenvalue weighted by atomic mass is 10.0. The van der Waals surface area contributed by atoms with Crippen molar-refractivity contribution < 1.29 is 52.7 Å². The van der Waals surface area contributed by atoms with E-state index >= 15 is 0 Å². The summed E-state index contributed by atoms with van der Waals surface area (Å²) in [5.74, 6) is 0.565. The van der Waals surface area contributed by atoms with Crippen molar-refractivity contribution in [2.75, 3.05) is 36.8 Å². The van der Waals surface area contributed by atoms with Crippen molar-refractivity contribution in [3.63, 3.8) is 0 Å². The third-order valence-corrected chi connectivity index (χ3v) is 10.6. The number of nitrogens with zero attached hydrogens (tertiary/aromatic N) is 2.